The third-order valence-corrected chi connectivity index (χ3v) is 3.00. The van der Waals surface area contributed by atoms with Gasteiger partial charge in [0.15, 0.2) is 11.6 Å². The Morgan fingerprint density at radius 3 is 2.53 bits per heavy atom. The first-order chi connectivity index (χ1) is 7.79. The number of rotatable bonds is 5. The van der Waals surface area contributed by atoms with E-state index in [4.69, 9.17) is 10.5 Å². The summed E-state index contributed by atoms with van der Waals surface area (Å²) in [7, 11) is -3.07. The van der Waals surface area contributed by atoms with Crippen molar-refractivity contribution < 1.29 is 21.9 Å². The summed E-state index contributed by atoms with van der Waals surface area (Å²) in [6.07, 6.45) is 1.31. The molecule has 1 aromatic carbocycles. The molecule has 0 saturated carbocycles. The number of benzene rings is 1. The van der Waals surface area contributed by atoms with Gasteiger partial charge in [0.1, 0.15) is 15.7 Å². The number of ether oxygens (including phenoxy) is 1. The first-order valence-electron chi connectivity index (χ1n) is 4.84. The Balaban J connectivity index is 2.55. The second kappa shape index (κ2) is 5.31. The molecular formula is C10H13F2NO3S. The summed E-state index contributed by atoms with van der Waals surface area (Å²) in [5.41, 5.74) is 4.85. The minimum atomic E-state index is -3.07. The maximum Gasteiger partial charge on any atom is 0.167 e. The Kier molecular flexibility index (Phi) is 4.28. The van der Waals surface area contributed by atoms with Gasteiger partial charge in [-0.05, 0) is 6.42 Å². The van der Waals surface area contributed by atoms with E-state index < -0.39 is 21.5 Å². The molecule has 0 aliphatic heterocycles. The Bertz CT molecular complexity index is 503. The van der Waals surface area contributed by atoms with Crippen LogP contribution < -0.4 is 10.5 Å². The molecule has 0 aliphatic carbocycles. The Morgan fingerprint density at radius 2 is 1.94 bits per heavy atom. The Labute approximate surface area is 98.3 Å². The molecule has 0 aromatic heterocycles. The van der Waals surface area contributed by atoms with Crippen molar-refractivity contribution in [3.05, 3.63) is 23.8 Å². The highest BCUT2D eigenvalue weighted by Crippen LogP contribution is 2.22. The van der Waals surface area contributed by atoms with E-state index in [0.717, 1.165) is 18.4 Å². The van der Waals surface area contributed by atoms with E-state index in [0.29, 0.717) is 0 Å². The van der Waals surface area contributed by atoms with Gasteiger partial charge in [0.25, 0.3) is 0 Å². The van der Waals surface area contributed by atoms with Crippen LogP contribution in [-0.4, -0.2) is 27.0 Å². The normalized spacial score (nSPS) is 11.5. The topological polar surface area (TPSA) is 69.4 Å². The van der Waals surface area contributed by atoms with Crippen molar-refractivity contribution in [3.8, 4) is 5.75 Å². The summed E-state index contributed by atoms with van der Waals surface area (Å²) in [6.45, 7) is -0.00660. The summed E-state index contributed by atoms with van der Waals surface area (Å²) >= 11 is 0. The number of hydrogen-bond donors (Lipinski definition) is 1. The summed E-state index contributed by atoms with van der Waals surface area (Å²) in [4.78, 5) is 0. The molecule has 17 heavy (non-hydrogen) atoms. The van der Waals surface area contributed by atoms with Crippen molar-refractivity contribution in [2.24, 2.45) is 0 Å². The standard InChI is InChI=1S/C10H13F2NO3S/c1-17(14,15)4-2-3-16-10-6-7(11)9(13)5-8(10)12/h5-6H,2-4,13H2,1H3. The number of hydrogen-bond acceptors (Lipinski definition) is 4. The van der Waals surface area contributed by atoms with Gasteiger partial charge < -0.3 is 10.5 Å². The highest BCUT2D eigenvalue weighted by molar-refractivity contribution is 7.90. The molecule has 7 heteroatoms. The first-order valence-corrected chi connectivity index (χ1v) is 6.90. The fourth-order valence-electron chi connectivity index (χ4n) is 1.16. The van der Waals surface area contributed by atoms with Crippen LogP contribution in [0.3, 0.4) is 0 Å². The van der Waals surface area contributed by atoms with E-state index in [1.54, 1.807) is 0 Å². The Morgan fingerprint density at radius 1 is 1.29 bits per heavy atom. The van der Waals surface area contributed by atoms with Crippen LogP contribution in [0.25, 0.3) is 0 Å². The molecule has 2 N–H and O–H groups in total. The molecule has 1 rings (SSSR count). The third-order valence-electron chi connectivity index (χ3n) is 1.97. The molecule has 0 radical (unpaired) electrons. The fraction of sp³-hybridized carbons (Fsp3) is 0.400. The molecule has 0 amide bonds. The minimum Gasteiger partial charge on any atom is -0.490 e. The van der Waals surface area contributed by atoms with Gasteiger partial charge in [0, 0.05) is 18.4 Å². The second-order valence-corrected chi connectivity index (χ2v) is 5.90. The number of nitrogen functional groups attached to an aromatic ring is 1. The molecule has 0 aliphatic rings. The van der Waals surface area contributed by atoms with Gasteiger partial charge in [-0.25, -0.2) is 17.2 Å². The van der Waals surface area contributed by atoms with Gasteiger partial charge in [-0.2, -0.15) is 0 Å². The zero-order valence-electron chi connectivity index (χ0n) is 9.24. The first kappa shape index (κ1) is 13.7. The third kappa shape index (κ3) is 4.56. The molecule has 4 nitrogen and oxygen atoms in total. The SMILES string of the molecule is CS(=O)(=O)CCCOc1cc(F)c(N)cc1F. The zero-order chi connectivity index (χ0) is 13.1. The quantitative estimate of drug-likeness (QED) is 0.644. The number of sulfone groups is 1. The lowest BCUT2D eigenvalue weighted by atomic mass is 10.3. The van der Waals surface area contributed by atoms with Crippen molar-refractivity contribution in [2.45, 2.75) is 6.42 Å². The van der Waals surface area contributed by atoms with Crippen LogP contribution in [0, 0.1) is 11.6 Å². The number of anilines is 1. The summed E-state index contributed by atoms with van der Waals surface area (Å²) in [5, 5.41) is 0. The maximum atomic E-state index is 13.2. The van der Waals surface area contributed by atoms with Gasteiger partial charge in [0.2, 0.25) is 0 Å². The van der Waals surface area contributed by atoms with E-state index in [1.165, 1.54) is 0 Å². The molecule has 0 bridgehead atoms. The van der Waals surface area contributed by atoms with Crippen molar-refractivity contribution in [2.75, 3.05) is 24.3 Å². The van der Waals surface area contributed by atoms with Crippen molar-refractivity contribution in [3.63, 3.8) is 0 Å². The maximum absolute atomic E-state index is 13.2. The van der Waals surface area contributed by atoms with Crippen molar-refractivity contribution in [1.29, 1.82) is 0 Å². The average molecular weight is 265 g/mol. The Hall–Kier alpha value is -1.37. The van der Waals surface area contributed by atoms with E-state index in [2.05, 4.69) is 0 Å². The van der Waals surface area contributed by atoms with Crippen LogP contribution in [-0.2, 0) is 9.84 Å². The lowest BCUT2D eigenvalue weighted by Gasteiger charge is -2.07. The van der Waals surface area contributed by atoms with Gasteiger partial charge in [0.05, 0.1) is 18.0 Å². The van der Waals surface area contributed by atoms with Gasteiger partial charge >= 0.3 is 0 Å². The minimum absolute atomic E-state index is 0.00660. The van der Waals surface area contributed by atoms with Crippen molar-refractivity contribution >= 4 is 15.5 Å². The van der Waals surface area contributed by atoms with Crippen molar-refractivity contribution in [1.82, 2.24) is 0 Å². The molecule has 0 unspecified atom stereocenters. The zero-order valence-corrected chi connectivity index (χ0v) is 10.1. The molecule has 0 atom stereocenters. The fourth-order valence-corrected chi connectivity index (χ4v) is 1.80. The van der Waals surface area contributed by atoms with E-state index in [9.17, 15) is 17.2 Å². The monoisotopic (exact) mass is 265 g/mol. The highest BCUT2D eigenvalue weighted by atomic mass is 32.2. The van der Waals surface area contributed by atoms with Crippen LogP contribution in [0.1, 0.15) is 6.42 Å². The highest BCUT2D eigenvalue weighted by Gasteiger charge is 2.09. The summed E-state index contributed by atoms with van der Waals surface area (Å²) < 4.78 is 52.7. The number of halogens is 2. The second-order valence-electron chi connectivity index (χ2n) is 3.64. The lowest BCUT2D eigenvalue weighted by molar-refractivity contribution is 0.300. The largest absolute Gasteiger partial charge is 0.490 e. The average Bonchev–Trinajstić information content (AvgIpc) is 2.18. The lowest BCUT2D eigenvalue weighted by Crippen LogP contribution is -2.08. The molecule has 1 aromatic rings. The predicted octanol–water partition coefficient (Wildman–Crippen LogP) is 1.36. The summed E-state index contributed by atoms with van der Waals surface area (Å²) in [6, 6.07) is 1.66. The molecule has 0 fully saturated rings. The molecular weight excluding hydrogens is 252 g/mol. The molecule has 0 saturated heterocycles. The van der Waals surface area contributed by atoms with Crippen LogP contribution in [0.2, 0.25) is 0 Å². The van der Waals surface area contributed by atoms with E-state index in [-0.39, 0.29) is 30.2 Å². The molecule has 0 spiro atoms. The summed E-state index contributed by atoms with van der Waals surface area (Å²) in [5.74, 6) is -1.88. The van der Waals surface area contributed by atoms with Crippen LogP contribution >= 0.6 is 0 Å². The predicted molar refractivity (Wildman–Crippen MR) is 60.6 cm³/mol. The van der Waals surface area contributed by atoms with Gasteiger partial charge in [-0.1, -0.05) is 0 Å². The van der Waals surface area contributed by atoms with Gasteiger partial charge in [-0.15, -0.1) is 0 Å². The number of nitrogens with two attached hydrogens (primary N) is 1. The van der Waals surface area contributed by atoms with Crippen LogP contribution in [0.5, 0.6) is 5.75 Å². The van der Waals surface area contributed by atoms with Crippen LogP contribution in [0.4, 0.5) is 14.5 Å². The molecule has 0 heterocycles. The smallest absolute Gasteiger partial charge is 0.167 e. The van der Waals surface area contributed by atoms with E-state index >= 15 is 0 Å². The molecule has 96 valence electrons. The van der Waals surface area contributed by atoms with Gasteiger partial charge in [-0.3, -0.25) is 0 Å². The van der Waals surface area contributed by atoms with E-state index in [1.807, 2.05) is 0 Å². The van der Waals surface area contributed by atoms with Crippen LogP contribution in [0.15, 0.2) is 12.1 Å².